The van der Waals surface area contributed by atoms with Gasteiger partial charge in [0.1, 0.15) is 0 Å². The molecule has 0 spiro atoms. The number of nitrogens with one attached hydrogen (secondary N) is 3. The molecule has 3 amide bonds. The van der Waals surface area contributed by atoms with Crippen molar-refractivity contribution < 1.29 is 14.3 Å². The van der Waals surface area contributed by atoms with Gasteiger partial charge in [0.05, 0.1) is 6.61 Å². The highest BCUT2D eigenvalue weighted by molar-refractivity contribution is 5.90. The Balaban J connectivity index is 1.81. The van der Waals surface area contributed by atoms with Crippen molar-refractivity contribution in [3.05, 3.63) is 54.1 Å². The molecule has 0 aliphatic carbocycles. The van der Waals surface area contributed by atoms with Crippen LogP contribution in [0.1, 0.15) is 12.5 Å². The highest BCUT2D eigenvalue weighted by atomic mass is 16.5. The van der Waals surface area contributed by atoms with Gasteiger partial charge >= 0.3 is 12.1 Å². The quantitative estimate of drug-likeness (QED) is 0.738. The third-order valence-electron chi connectivity index (χ3n) is 3.57. The van der Waals surface area contributed by atoms with Crippen LogP contribution < -0.4 is 20.9 Å². The lowest BCUT2D eigenvalue weighted by Crippen LogP contribution is -2.28. The molecule has 0 heterocycles. The van der Waals surface area contributed by atoms with Crippen molar-refractivity contribution in [1.29, 1.82) is 0 Å². The maximum absolute atomic E-state index is 12.0. The smallest absolute Gasteiger partial charge is 0.411 e. The summed E-state index contributed by atoms with van der Waals surface area (Å²) in [4.78, 5) is 25.3. The van der Waals surface area contributed by atoms with Crippen LogP contribution in [0.15, 0.2) is 48.5 Å². The number of rotatable bonds is 6. The van der Waals surface area contributed by atoms with Crippen molar-refractivity contribution in [2.75, 3.05) is 36.2 Å². The van der Waals surface area contributed by atoms with E-state index < -0.39 is 6.09 Å². The van der Waals surface area contributed by atoms with Crippen LogP contribution >= 0.6 is 0 Å². The van der Waals surface area contributed by atoms with Gasteiger partial charge < -0.3 is 20.3 Å². The van der Waals surface area contributed by atoms with E-state index >= 15 is 0 Å². The largest absolute Gasteiger partial charge is 0.450 e. The second kappa shape index (κ2) is 9.31. The molecule has 7 nitrogen and oxygen atoms in total. The average Bonchev–Trinajstić information content (AvgIpc) is 2.62. The maximum atomic E-state index is 12.0. The lowest BCUT2D eigenvalue weighted by molar-refractivity contribution is 0.168. The Kier molecular flexibility index (Phi) is 6.84. The summed E-state index contributed by atoms with van der Waals surface area (Å²) >= 11 is 0. The highest BCUT2D eigenvalue weighted by Crippen LogP contribution is 2.14. The van der Waals surface area contributed by atoms with Gasteiger partial charge in [-0.1, -0.05) is 12.1 Å². The highest BCUT2D eigenvalue weighted by Gasteiger charge is 2.04. The third kappa shape index (κ3) is 6.01. The van der Waals surface area contributed by atoms with Crippen LogP contribution in [0.25, 0.3) is 0 Å². The third-order valence-corrected chi connectivity index (χ3v) is 3.57. The zero-order valence-electron chi connectivity index (χ0n) is 15.2. The summed E-state index contributed by atoms with van der Waals surface area (Å²) in [7, 11) is 3.96. The minimum atomic E-state index is -0.508. The van der Waals surface area contributed by atoms with Crippen molar-refractivity contribution in [2.45, 2.75) is 13.5 Å². The molecule has 26 heavy (non-hydrogen) atoms. The molecule has 0 aromatic heterocycles. The Hall–Kier alpha value is -3.22. The summed E-state index contributed by atoms with van der Waals surface area (Å²) in [6, 6.07) is 14.4. The fourth-order valence-corrected chi connectivity index (χ4v) is 2.19. The van der Waals surface area contributed by atoms with Crippen LogP contribution in [0.3, 0.4) is 0 Å². The lowest BCUT2D eigenvalue weighted by atomic mass is 10.2. The SMILES string of the molecule is CCOC(=O)Nc1ccc(NC(=O)NCc2ccc(N(C)C)cc2)cc1. The number of ether oxygens (including phenoxy) is 1. The molecule has 7 heteroatoms. The molecule has 0 saturated carbocycles. The van der Waals surface area contributed by atoms with Crippen LogP contribution in [-0.2, 0) is 11.3 Å². The summed E-state index contributed by atoms with van der Waals surface area (Å²) in [6.45, 7) is 2.48. The Morgan fingerprint density at radius 2 is 1.50 bits per heavy atom. The van der Waals surface area contributed by atoms with Gasteiger partial charge in [-0.3, -0.25) is 5.32 Å². The van der Waals surface area contributed by atoms with Crippen molar-refractivity contribution in [1.82, 2.24) is 5.32 Å². The van der Waals surface area contributed by atoms with E-state index in [1.165, 1.54) is 0 Å². The predicted octanol–water partition coefficient (Wildman–Crippen LogP) is 3.64. The van der Waals surface area contributed by atoms with Crippen LogP contribution in [0.4, 0.5) is 26.7 Å². The molecule has 0 unspecified atom stereocenters. The number of carbonyl (C=O) groups excluding carboxylic acids is 2. The molecule has 138 valence electrons. The van der Waals surface area contributed by atoms with Crippen molar-refractivity contribution in [3.63, 3.8) is 0 Å². The molecular formula is C19H24N4O3. The minimum Gasteiger partial charge on any atom is -0.450 e. The summed E-state index contributed by atoms with van der Waals surface area (Å²) in [5.74, 6) is 0. The number of benzene rings is 2. The molecule has 2 aromatic rings. The van der Waals surface area contributed by atoms with Crippen molar-refractivity contribution in [3.8, 4) is 0 Å². The lowest BCUT2D eigenvalue weighted by Gasteiger charge is -2.13. The number of hydrogen-bond donors (Lipinski definition) is 3. The van der Waals surface area contributed by atoms with Crippen LogP contribution in [0.5, 0.6) is 0 Å². The average molecular weight is 356 g/mol. The summed E-state index contributed by atoms with van der Waals surface area (Å²) in [5, 5.41) is 8.14. The normalized spacial score (nSPS) is 9.96. The molecule has 0 saturated heterocycles. The van der Waals surface area contributed by atoms with E-state index in [1.54, 1.807) is 31.2 Å². The topological polar surface area (TPSA) is 82.7 Å². The Bertz CT molecular complexity index is 727. The van der Waals surface area contributed by atoms with E-state index in [4.69, 9.17) is 4.74 Å². The standard InChI is InChI=1S/C19H24N4O3/c1-4-26-19(25)22-16-9-7-15(8-10-16)21-18(24)20-13-14-5-11-17(12-6-14)23(2)3/h5-12H,4,13H2,1-3H3,(H,22,25)(H2,20,21,24). The summed E-state index contributed by atoms with van der Waals surface area (Å²) in [6.07, 6.45) is -0.508. The first-order chi connectivity index (χ1) is 12.5. The molecule has 0 bridgehead atoms. The summed E-state index contributed by atoms with van der Waals surface area (Å²) < 4.78 is 4.80. The molecule has 2 aromatic carbocycles. The first-order valence-electron chi connectivity index (χ1n) is 8.33. The van der Waals surface area contributed by atoms with Crippen molar-refractivity contribution in [2.24, 2.45) is 0 Å². The number of anilines is 3. The molecule has 3 N–H and O–H groups in total. The minimum absolute atomic E-state index is 0.298. The Morgan fingerprint density at radius 3 is 2.04 bits per heavy atom. The van der Waals surface area contributed by atoms with E-state index in [1.807, 2.05) is 43.3 Å². The van der Waals surface area contributed by atoms with Gasteiger partial charge in [-0.05, 0) is 48.9 Å². The zero-order chi connectivity index (χ0) is 18.9. The number of nitrogens with zero attached hydrogens (tertiary/aromatic N) is 1. The second-order valence-corrected chi connectivity index (χ2v) is 5.79. The van der Waals surface area contributed by atoms with Crippen LogP contribution in [0.2, 0.25) is 0 Å². The second-order valence-electron chi connectivity index (χ2n) is 5.79. The molecule has 2 rings (SSSR count). The van der Waals surface area contributed by atoms with Gasteiger partial charge in [0, 0.05) is 37.7 Å². The van der Waals surface area contributed by atoms with Gasteiger partial charge in [-0.2, -0.15) is 0 Å². The van der Waals surface area contributed by atoms with Gasteiger partial charge in [-0.25, -0.2) is 9.59 Å². The molecule has 0 fully saturated rings. The molecule has 0 radical (unpaired) electrons. The molecular weight excluding hydrogens is 332 g/mol. The predicted molar refractivity (Wildman–Crippen MR) is 104 cm³/mol. The van der Waals surface area contributed by atoms with E-state index in [0.29, 0.717) is 24.5 Å². The maximum Gasteiger partial charge on any atom is 0.411 e. The molecule has 0 aliphatic heterocycles. The van der Waals surface area contributed by atoms with Gasteiger partial charge in [-0.15, -0.1) is 0 Å². The number of hydrogen-bond acceptors (Lipinski definition) is 4. The number of amides is 3. The molecule has 0 aliphatic rings. The zero-order valence-corrected chi connectivity index (χ0v) is 15.2. The monoisotopic (exact) mass is 356 g/mol. The van der Waals surface area contributed by atoms with Crippen LogP contribution in [0, 0.1) is 0 Å². The Labute approximate surface area is 153 Å². The van der Waals surface area contributed by atoms with Gasteiger partial charge in [0.2, 0.25) is 0 Å². The fourth-order valence-electron chi connectivity index (χ4n) is 2.19. The number of carbonyl (C=O) groups is 2. The van der Waals surface area contributed by atoms with Gasteiger partial charge in [0.15, 0.2) is 0 Å². The summed E-state index contributed by atoms with van der Waals surface area (Å²) in [5.41, 5.74) is 3.34. The van der Waals surface area contributed by atoms with E-state index in [-0.39, 0.29) is 6.03 Å². The van der Waals surface area contributed by atoms with E-state index in [9.17, 15) is 9.59 Å². The fraction of sp³-hybridized carbons (Fsp3) is 0.263. The van der Waals surface area contributed by atoms with Crippen LogP contribution in [-0.4, -0.2) is 32.8 Å². The van der Waals surface area contributed by atoms with E-state index in [0.717, 1.165) is 11.3 Å². The van der Waals surface area contributed by atoms with Gasteiger partial charge in [0.25, 0.3) is 0 Å². The first-order valence-corrected chi connectivity index (χ1v) is 8.33. The molecule has 0 atom stereocenters. The first kappa shape index (κ1) is 19.1. The number of urea groups is 1. The van der Waals surface area contributed by atoms with E-state index in [2.05, 4.69) is 16.0 Å². The Morgan fingerprint density at radius 1 is 0.923 bits per heavy atom. The van der Waals surface area contributed by atoms with Crippen molar-refractivity contribution >= 4 is 29.2 Å².